The molecule has 0 aliphatic rings. The first-order chi connectivity index (χ1) is 6.81. The molecule has 1 unspecified atom stereocenters. The van der Waals surface area contributed by atoms with Gasteiger partial charge in [-0.05, 0) is 6.92 Å². The number of nitrogens with two attached hydrogens (primary N) is 1. The van der Waals surface area contributed by atoms with Gasteiger partial charge in [-0.1, -0.05) is 0 Å². The molecule has 1 amide bonds. The van der Waals surface area contributed by atoms with Gasteiger partial charge in [-0.3, -0.25) is 4.79 Å². The molecule has 15 heavy (non-hydrogen) atoms. The van der Waals surface area contributed by atoms with Crippen molar-refractivity contribution in [1.29, 1.82) is 0 Å². The van der Waals surface area contributed by atoms with Crippen molar-refractivity contribution in [3.63, 3.8) is 0 Å². The number of alkyl halides is 3. The van der Waals surface area contributed by atoms with E-state index in [2.05, 4.69) is 10.1 Å². The molecular formula is C8H15F3N2O2. The van der Waals surface area contributed by atoms with Crippen LogP contribution in [0, 0.1) is 0 Å². The van der Waals surface area contributed by atoms with Gasteiger partial charge in [0.2, 0.25) is 5.91 Å². The molecule has 0 rings (SSSR count). The van der Waals surface area contributed by atoms with Crippen LogP contribution in [0.15, 0.2) is 0 Å². The van der Waals surface area contributed by atoms with Crippen LogP contribution in [0.2, 0.25) is 0 Å². The van der Waals surface area contributed by atoms with E-state index in [9.17, 15) is 18.0 Å². The van der Waals surface area contributed by atoms with Gasteiger partial charge >= 0.3 is 6.18 Å². The third-order valence-electron chi connectivity index (χ3n) is 1.36. The van der Waals surface area contributed by atoms with Crippen molar-refractivity contribution in [2.75, 3.05) is 19.8 Å². The quantitative estimate of drug-likeness (QED) is 0.647. The molecule has 0 fully saturated rings. The van der Waals surface area contributed by atoms with Gasteiger partial charge in [0.1, 0.15) is 6.61 Å². The molecule has 0 aromatic heterocycles. The molecule has 90 valence electrons. The van der Waals surface area contributed by atoms with E-state index in [-0.39, 0.29) is 25.0 Å². The topological polar surface area (TPSA) is 64.3 Å². The Balaban J connectivity index is 3.40. The zero-order chi connectivity index (χ0) is 11.9. The Morgan fingerprint density at radius 1 is 1.53 bits per heavy atom. The number of amides is 1. The zero-order valence-electron chi connectivity index (χ0n) is 8.43. The summed E-state index contributed by atoms with van der Waals surface area (Å²) >= 11 is 0. The number of hydrogen-bond acceptors (Lipinski definition) is 3. The Morgan fingerprint density at radius 3 is 2.60 bits per heavy atom. The third kappa shape index (κ3) is 11.1. The lowest BCUT2D eigenvalue weighted by molar-refractivity contribution is -0.174. The van der Waals surface area contributed by atoms with Crippen molar-refractivity contribution in [3.05, 3.63) is 0 Å². The molecule has 0 aromatic rings. The summed E-state index contributed by atoms with van der Waals surface area (Å²) < 4.78 is 39.0. The lowest BCUT2D eigenvalue weighted by Gasteiger charge is -2.09. The van der Waals surface area contributed by atoms with E-state index < -0.39 is 12.8 Å². The second-order valence-corrected chi connectivity index (χ2v) is 3.20. The van der Waals surface area contributed by atoms with Crippen LogP contribution in [0.25, 0.3) is 0 Å². The van der Waals surface area contributed by atoms with E-state index in [1.807, 2.05) is 0 Å². The summed E-state index contributed by atoms with van der Waals surface area (Å²) in [6, 6.07) is -0.176. The van der Waals surface area contributed by atoms with Crippen LogP contribution in [0.4, 0.5) is 13.2 Å². The zero-order valence-corrected chi connectivity index (χ0v) is 8.43. The van der Waals surface area contributed by atoms with Gasteiger partial charge in [0.25, 0.3) is 0 Å². The predicted octanol–water partition coefficient (Wildman–Crippen LogP) is 0.419. The summed E-state index contributed by atoms with van der Waals surface area (Å²) in [5, 5.41) is 2.45. The molecule has 0 spiro atoms. The Hall–Kier alpha value is -0.820. The van der Waals surface area contributed by atoms with Crippen molar-refractivity contribution < 1.29 is 22.7 Å². The van der Waals surface area contributed by atoms with Crippen molar-refractivity contribution in [2.24, 2.45) is 5.73 Å². The number of hydrogen-bond donors (Lipinski definition) is 2. The fraction of sp³-hybridized carbons (Fsp3) is 0.875. The van der Waals surface area contributed by atoms with Gasteiger partial charge in [0.15, 0.2) is 0 Å². The van der Waals surface area contributed by atoms with E-state index in [4.69, 9.17) is 5.73 Å². The SMILES string of the molecule is CC(N)CNC(=O)CCOCC(F)(F)F. The smallest absolute Gasteiger partial charge is 0.372 e. The minimum absolute atomic E-state index is 0.0944. The molecule has 0 aromatic carbocycles. The highest BCUT2D eigenvalue weighted by molar-refractivity contribution is 5.75. The average Bonchev–Trinajstić information content (AvgIpc) is 2.07. The molecule has 0 aliphatic carbocycles. The summed E-state index contributed by atoms with van der Waals surface area (Å²) in [7, 11) is 0. The largest absolute Gasteiger partial charge is 0.411 e. The summed E-state index contributed by atoms with van der Waals surface area (Å²) in [4.78, 5) is 10.9. The van der Waals surface area contributed by atoms with E-state index in [0.29, 0.717) is 6.54 Å². The molecule has 0 bridgehead atoms. The standard InChI is InChI=1S/C8H15F3N2O2/c1-6(12)4-13-7(14)2-3-15-5-8(9,10)11/h6H,2-5,12H2,1H3,(H,13,14). The highest BCUT2D eigenvalue weighted by atomic mass is 19.4. The molecule has 0 radical (unpaired) electrons. The van der Waals surface area contributed by atoms with Gasteiger partial charge < -0.3 is 15.8 Å². The molecule has 0 heterocycles. The van der Waals surface area contributed by atoms with Crippen LogP contribution in [-0.2, 0) is 9.53 Å². The van der Waals surface area contributed by atoms with Crippen molar-refractivity contribution in [1.82, 2.24) is 5.32 Å². The molecule has 4 nitrogen and oxygen atoms in total. The second kappa shape index (κ2) is 6.62. The fourth-order valence-electron chi connectivity index (χ4n) is 0.716. The van der Waals surface area contributed by atoms with Crippen molar-refractivity contribution >= 4 is 5.91 Å². The Labute approximate surface area is 86.0 Å². The molecule has 0 saturated heterocycles. The van der Waals surface area contributed by atoms with Gasteiger partial charge in [-0.15, -0.1) is 0 Å². The summed E-state index contributed by atoms with van der Waals surface area (Å²) in [5.41, 5.74) is 5.36. The van der Waals surface area contributed by atoms with Crippen LogP contribution in [0.1, 0.15) is 13.3 Å². The number of rotatable bonds is 6. The van der Waals surface area contributed by atoms with Crippen LogP contribution in [-0.4, -0.2) is 37.9 Å². The Kier molecular flexibility index (Phi) is 6.26. The third-order valence-corrected chi connectivity index (χ3v) is 1.36. The summed E-state index contributed by atoms with van der Waals surface area (Å²) in [5.74, 6) is -0.366. The first-order valence-electron chi connectivity index (χ1n) is 4.48. The lowest BCUT2D eigenvalue weighted by atomic mass is 10.3. The van der Waals surface area contributed by atoms with E-state index in [0.717, 1.165) is 0 Å². The molecule has 0 aliphatic heterocycles. The Morgan fingerprint density at radius 2 is 2.13 bits per heavy atom. The van der Waals surface area contributed by atoms with Crippen molar-refractivity contribution in [3.8, 4) is 0 Å². The number of ether oxygens (including phenoxy) is 1. The minimum atomic E-state index is -4.34. The number of halogens is 3. The van der Waals surface area contributed by atoms with Crippen molar-refractivity contribution in [2.45, 2.75) is 25.6 Å². The average molecular weight is 228 g/mol. The molecule has 0 saturated carbocycles. The van der Waals surface area contributed by atoms with Crippen LogP contribution >= 0.6 is 0 Å². The monoisotopic (exact) mass is 228 g/mol. The van der Waals surface area contributed by atoms with Gasteiger partial charge in [0, 0.05) is 19.0 Å². The summed E-state index contributed by atoms with van der Waals surface area (Å²) in [6.07, 6.45) is -4.44. The maximum absolute atomic E-state index is 11.6. The summed E-state index contributed by atoms with van der Waals surface area (Å²) in [6.45, 7) is 0.441. The van der Waals surface area contributed by atoms with E-state index >= 15 is 0 Å². The first-order valence-corrected chi connectivity index (χ1v) is 4.48. The highest BCUT2D eigenvalue weighted by Crippen LogP contribution is 2.14. The lowest BCUT2D eigenvalue weighted by Crippen LogP contribution is -2.35. The van der Waals surface area contributed by atoms with E-state index in [1.54, 1.807) is 6.92 Å². The van der Waals surface area contributed by atoms with Crippen LogP contribution in [0.5, 0.6) is 0 Å². The predicted molar refractivity (Wildman–Crippen MR) is 48.2 cm³/mol. The van der Waals surface area contributed by atoms with Crippen LogP contribution in [0.3, 0.4) is 0 Å². The normalized spacial score (nSPS) is 13.7. The molecule has 1 atom stereocenters. The first kappa shape index (κ1) is 14.2. The van der Waals surface area contributed by atoms with Crippen LogP contribution < -0.4 is 11.1 Å². The number of carbonyl (C=O) groups excluding carboxylic acids is 1. The van der Waals surface area contributed by atoms with Gasteiger partial charge in [-0.25, -0.2) is 0 Å². The molecule has 7 heteroatoms. The maximum atomic E-state index is 11.6. The van der Waals surface area contributed by atoms with Gasteiger partial charge in [-0.2, -0.15) is 13.2 Å². The molecule has 3 N–H and O–H groups in total. The molecular weight excluding hydrogens is 213 g/mol. The number of nitrogens with one attached hydrogen (secondary N) is 1. The minimum Gasteiger partial charge on any atom is -0.372 e. The number of carbonyl (C=O) groups is 1. The fourth-order valence-corrected chi connectivity index (χ4v) is 0.716. The highest BCUT2D eigenvalue weighted by Gasteiger charge is 2.27. The maximum Gasteiger partial charge on any atom is 0.411 e. The Bertz CT molecular complexity index is 195. The second-order valence-electron chi connectivity index (χ2n) is 3.20. The van der Waals surface area contributed by atoms with Gasteiger partial charge in [0.05, 0.1) is 6.61 Å². The van der Waals surface area contributed by atoms with E-state index in [1.165, 1.54) is 0 Å².